The van der Waals surface area contributed by atoms with Crippen molar-refractivity contribution in [2.24, 2.45) is 10.7 Å². The minimum atomic E-state index is 0.324. The van der Waals surface area contributed by atoms with Gasteiger partial charge in [0, 0.05) is 19.1 Å². The minimum Gasteiger partial charge on any atom is -0.370 e. The summed E-state index contributed by atoms with van der Waals surface area (Å²) in [5.74, 6) is 0.732. The van der Waals surface area contributed by atoms with Crippen molar-refractivity contribution >= 4 is 5.96 Å². The number of nitrogens with two attached hydrogens (primary N) is 1. The quantitative estimate of drug-likeness (QED) is 0.611. The van der Waals surface area contributed by atoms with Gasteiger partial charge in [-0.15, -0.1) is 0 Å². The first-order valence-corrected chi connectivity index (χ1v) is 7.25. The highest BCUT2D eigenvalue weighted by Gasteiger charge is 2.40. The van der Waals surface area contributed by atoms with Crippen molar-refractivity contribution in [1.82, 2.24) is 9.80 Å². The molecule has 0 heterocycles. The molecule has 0 radical (unpaired) electrons. The Morgan fingerprint density at radius 1 is 1.17 bits per heavy atom. The van der Waals surface area contributed by atoms with Gasteiger partial charge >= 0.3 is 0 Å². The lowest BCUT2D eigenvalue weighted by Crippen LogP contribution is -2.58. The van der Waals surface area contributed by atoms with E-state index in [4.69, 9.17) is 5.73 Å². The third-order valence-electron chi connectivity index (χ3n) is 4.80. The molecule has 0 aromatic rings. The molecule has 0 aromatic carbocycles. The van der Waals surface area contributed by atoms with Crippen LogP contribution in [0.15, 0.2) is 4.99 Å². The minimum absolute atomic E-state index is 0.324. The molecule has 4 heteroatoms. The maximum atomic E-state index is 6.14. The van der Waals surface area contributed by atoms with Gasteiger partial charge in [0.15, 0.2) is 5.96 Å². The summed E-state index contributed by atoms with van der Waals surface area (Å²) >= 11 is 0. The van der Waals surface area contributed by atoms with Gasteiger partial charge in [-0.1, -0.05) is 12.8 Å². The molecule has 2 N–H and O–H groups in total. The molecule has 0 spiro atoms. The van der Waals surface area contributed by atoms with Crippen LogP contribution in [-0.4, -0.2) is 55.0 Å². The maximum absolute atomic E-state index is 6.14. The lowest BCUT2D eigenvalue weighted by atomic mass is 9.75. The zero-order valence-corrected chi connectivity index (χ0v) is 12.2. The SMILES string of the molecule is CN(CC1(N(C)C)CCC1)C(N)=NC1CCCC1. The number of likely N-dealkylation sites (N-methyl/N-ethyl adjacent to an activating group) is 2. The van der Waals surface area contributed by atoms with E-state index in [9.17, 15) is 0 Å². The molecule has 0 amide bonds. The average molecular weight is 252 g/mol. The van der Waals surface area contributed by atoms with Gasteiger partial charge in [-0.3, -0.25) is 0 Å². The predicted molar refractivity (Wildman–Crippen MR) is 76.8 cm³/mol. The Bertz CT molecular complexity index is 301. The van der Waals surface area contributed by atoms with E-state index in [2.05, 4.69) is 35.9 Å². The smallest absolute Gasteiger partial charge is 0.191 e. The van der Waals surface area contributed by atoms with Gasteiger partial charge in [0.25, 0.3) is 0 Å². The van der Waals surface area contributed by atoms with Crippen molar-refractivity contribution in [3.05, 3.63) is 0 Å². The summed E-state index contributed by atoms with van der Waals surface area (Å²) < 4.78 is 0. The molecule has 2 aliphatic rings. The lowest BCUT2D eigenvalue weighted by molar-refractivity contribution is 0.0427. The van der Waals surface area contributed by atoms with Gasteiger partial charge in [0.2, 0.25) is 0 Å². The molecule has 2 rings (SSSR count). The third-order valence-corrected chi connectivity index (χ3v) is 4.80. The summed E-state index contributed by atoms with van der Waals surface area (Å²) in [6.07, 6.45) is 8.95. The zero-order chi connectivity index (χ0) is 13.2. The average Bonchev–Trinajstić information content (AvgIpc) is 2.75. The molecule has 18 heavy (non-hydrogen) atoms. The fourth-order valence-corrected chi connectivity index (χ4v) is 3.17. The van der Waals surface area contributed by atoms with Crippen molar-refractivity contribution in [2.45, 2.75) is 56.5 Å². The fraction of sp³-hybridized carbons (Fsp3) is 0.929. The van der Waals surface area contributed by atoms with E-state index >= 15 is 0 Å². The van der Waals surface area contributed by atoms with Crippen molar-refractivity contribution in [3.8, 4) is 0 Å². The van der Waals surface area contributed by atoms with Crippen molar-refractivity contribution in [2.75, 3.05) is 27.7 Å². The summed E-state index contributed by atoms with van der Waals surface area (Å²) in [6.45, 7) is 1.00. The molecular weight excluding hydrogens is 224 g/mol. The van der Waals surface area contributed by atoms with Gasteiger partial charge < -0.3 is 15.5 Å². The Hall–Kier alpha value is -0.770. The van der Waals surface area contributed by atoms with E-state index in [1.807, 2.05) is 0 Å². The zero-order valence-electron chi connectivity index (χ0n) is 12.2. The van der Waals surface area contributed by atoms with E-state index in [1.165, 1.54) is 44.9 Å². The van der Waals surface area contributed by atoms with Gasteiger partial charge in [-0.25, -0.2) is 4.99 Å². The fourth-order valence-electron chi connectivity index (χ4n) is 3.17. The Balaban J connectivity index is 1.92. The van der Waals surface area contributed by atoms with E-state index in [1.54, 1.807) is 0 Å². The molecule has 2 aliphatic carbocycles. The number of rotatable bonds is 4. The van der Waals surface area contributed by atoms with Crippen LogP contribution in [0.25, 0.3) is 0 Å². The molecule has 0 bridgehead atoms. The number of hydrogen-bond acceptors (Lipinski definition) is 2. The Morgan fingerprint density at radius 2 is 1.78 bits per heavy atom. The maximum Gasteiger partial charge on any atom is 0.191 e. The first-order valence-electron chi connectivity index (χ1n) is 7.25. The van der Waals surface area contributed by atoms with Gasteiger partial charge in [-0.05, 0) is 46.2 Å². The van der Waals surface area contributed by atoms with Crippen LogP contribution in [0.1, 0.15) is 44.9 Å². The standard InChI is InChI=1S/C14H28N4/c1-17(2)14(9-6-10-14)11-18(3)13(15)16-12-7-4-5-8-12/h12H,4-11H2,1-3H3,(H2,15,16). The summed E-state index contributed by atoms with van der Waals surface area (Å²) in [6, 6.07) is 0.476. The number of guanidine groups is 1. The number of hydrogen-bond donors (Lipinski definition) is 1. The van der Waals surface area contributed by atoms with Crippen molar-refractivity contribution in [1.29, 1.82) is 0 Å². The molecule has 0 atom stereocenters. The van der Waals surface area contributed by atoms with Crippen LogP contribution in [-0.2, 0) is 0 Å². The first-order chi connectivity index (χ1) is 8.53. The first kappa shape index (κ1) is 13.7. The normalized spacial score (nSPS) is 24.3. The molecular formula is C14H28N4. The molecule has 2 saturated carbocycles. The van der Waals surface area contributed by atoms with Crippen LogP contribution >= 0.6 is 0 Å². The second-order valence-electron chi connectivity index (χ2n) is 6.25. The van der Waals surface area contributed by atoms with Crippen LogP contribution < -0.4 is 5.73 Å². The van der Waals surface area contributed by atoms with Gasteiger partial charge in [-0.2, -0.15) is 0 Å². The lowest BCUT2D eigenvalue weighted by Gasteiger charge is -2.49. The second-order valence-corrected chi connectivity index (χ2v) is 6.25. The van der Waals surface area contributed by atoms with Crippen LogP contribution in [0.4, 0.5) is 0 Å². The van der Waals surface area contributed by atoms with Gasteiger partial charge in [0.05, 0.1) is 6.04 Å². The molecule has 0 aliphatic heterocycles. The van der Waals surface area contributed by atoms with E-state index in [0.717, 1.165) is 12.5 Å². The van der Waals surface area contributed by atoms with E-state index in [-0.39, 0.29) is 0 Å². The van der Waals surface area contributed by atoms with Gasteiger partial charge in [0.1, 0.15) is 0 Å². The summed E-state index contributed by atoms with van der Waals surface area (Å²) in [5.41, 5.74) is 6.46. The molecule has 0 unspecified atom stereocenters. The summed E-state index contributed by atoms with van der Waals surface area (Å²) in [5, 5.41) is 0. The summed E-state index contributed by atoms with van der Waals surface area (Å²) in [4.78, 5) is 9.19. The van der Waals surface area contributed by atoms with Crippen molar-refractivity contribution in [3.63, 3.8) is 0 Å². The highest BCUT2D eigenvalue weighted by molar-refractivity contribution is 5.78. The predicted octanol–water partition coefficient (Wildman–Crippen LogP) is 1.66. The molecule has 4 nitrogen and oxygen atoms in total. The Labute approximate surface area is 111 Å². The second kappa shape index (κ2) is 5.47. The van der Waals surface area contributed by atoms with E-state index in [0.29, 0.717) is 11.6 Å². The van der Waals surface area contributed by atoms with Crippen LogP contribution in [0.2, 0.25) is 0 Å². The van der Waals surface area contributed by atoms with E-state index < -0.39 is 0 Å². The third kappa shape index (κ3) is 2.79. The molecule has 104 valence electrons. The largest absolute Gasteiger partial charge is 0.370 e. The highest BCUT2D eigenvalue weighted by Crippen LogP contribution is 2.36. The Morgan fingerprint density at radius 3 is 2.22 bits per heavy atom. The van der Waals surface area contributed by atoms with Crippen LogP contribution in [0.3, 0.4) is 0 Å². The number of nitrogens with zero attached hydrogens (tertiary/aromatic N) is 3. The number of aliphatic imine (C=N–C) groups is 1. The van der Waals surface area contributed by atoms with Crippen LogP contribution in [0, 0.1) is 0 Å². The topological polar surface area (TPSA) is 44.9 Å². The van der Waals surface area contributed by atoms with Crippen molar-refractivity contribution < 1.29 is 0 Å². The molecule has 0 saturated heterocycles. The van der Waals surface area contributed by atoms with Crippen LogP contribution in [0.5, 0.6) is 0 Å². The molecule has 0 aromatic heterocycles. The monoisotopic (exact) mass is 252 g/mol. The Kier molecular flexibility index (Phi) is 4.15. The highest BCUT2D eigenvalue weighted by atomic mass is 15.3. The molecule has 2 fully saturated rings. The summed E-state index contributed by atoms with van der Waals surface area (Å²) in [7, 11) is 6.44.